The maximum atomic E-state index is 11.8. The lowest BCUT2D eigenvalue weighted by atomic mass is 9.98. The molecule has 1 rings (SSSR count). The molecule has 0 unspecified atom stereocenters. The van der Waals surface area contributed by atoms with Crippen molar-refractivity contribution in [2.45, 2.75) is 40.0 Å². The molecule has 1 aromatic carbocycles. The third-order valence-corrected chi connectivity index (χ3v) is 3.00. The third kappa shape index (κ3) is 6.98. The molecule has 0 N–H and O–H groups in total. The molecule has 0 saturated carbocycles. The molecular weight excluding hydrogens is 264 g/mol. The van der Waals surface area contributed by atoms with Crippen LogP contribution in [-0.2, 0) is 9.53 Å². The highest BCUT2D eigenvalue weighted by atomic mass is 16.5. The summed E-state index contributed by atoms with van der Waals surface area (Å²) in [7, 11) is 1.65. The summed E-state index contributed by atoms with van der Waals surface area (Å²) in [6.07, 6.45) is 4.19. The van der Waals surface area contributed by atoms with Gasteiger partial charge in [0.2, 0.25) is 0 Å². The van der Waals surface area contributed by atoms with E-state index < -0.39 is 0 Å². The first kappa shape index (κ1) is 17.3. The van der Waals surface area contributed by atoms with Crippen molar-refractivity contribution in [2.24, 2.45) is 5.92 Å². The lowest BCUT2D eigenvalue weighted by molar-refractivity contribution is -0.142. The average Bonchev–Trinajstić information content (AvgIpc) is 2.45. The second kappa shape index (κ2) is 9.22. The molecule has 0 aliphatic rings. The predicted octanol–water partition coefficient (Wildman–Crippen LogP) is 4.47. The summed E-state index contributed by atoms with van der Waals surface area (Å²) in [4.78, 5) is 11.8. The zero-order chi connectivity index (χ0) is 15.7. The fourth-order valence-electron chi connectivity index (χ4n) is 2.09. The van der Waals surface area contributed by atoms with Crippen LogP contribution < -0.4 is 4.74 Å². The van der Waals surface area contributed by atoms with E-state index in [1.165, 1.54) is 0 Å². The zero-order valence-corrected chi connectivity index (χ0v) is 13.5. The van der Waals surface area contributed by atoms with Crippen LogP contribution in [-0.4, -0.2) is 19.7 Å². The van der Waals surface area contributed by atoms with Gasteiger partial charge >= 0.3 is 5.97 Å². The Morgan fingerprint density at radius 1 is 1.24 bits per heavy atom. The first-order chi connectivity index (χ1) is 10.0. The van der Waals surface area contributed by atoms with E-state index in [2.05, 4.69) is 19.9 Å². The summed E-state index contributed by atoms with van der Waals surface area (Å²) in [5.74, 6) is 1.20. The maximum Gasteiger partial charge on any atom is 0.309 e. The zero-order valence-electron chi connectivity index (χ0n) is 13.5. The highest BCUT2D eigenvalue weighted by Crippen LogP contribution is 2.20. The smallest absolute Gasteiger partial charge is 0.309 e. The highest BCUT2D eigenvalue weighted by Gasteiger charge is 2.09. The van der Waals surface area contributed by atoms with Crippen molar-refractivity contribution < 1.29 is 14.3 Å². The largest absolute Gasteiger partial charge is 0.497 e. The number of methoxy groups -OCH3 is 1. The van der Waals surface area contributed by atoms with Gasteiger partial charge in [-0.15, -0.1) is 0 Å². The van der Waals surface area contributed by atoms with Crippen molar-refractivity contribution >= 4 is 12.0 Å². The van der Waals surface area contributed by atoms with Crippen LogP contribution in [0, 0.1) is 5.92 Å². The lowest BCUT2D eigenvalue weighted by Gasteiger charge is -2.11. The number of carbonyl (C=O) groups excluding carboxylic acids is 1. The molecule has 0 aliphatic heterocycles. The van der Waals surface area contributed by atoms with Crippen LogP contribution in [0.4, 0.5) is 0 Å². The number of esters is 1. The summed E-state index contributed by atoms with van der Waals surface area (Å²) in [6.45, 7) is 6.80. The van der Waals surface area contributed by atoms with Gasteiger partial charge in [-0.2, -0.15) is 0 Å². The fourth-order valence-corrected chi connectivity index (χ4v) is 2.09. The van der Waals surface area contributed by atoms with Crippen molar-refractivity contribution in [3.05, 3.63) is 35.4 Å². The van der Waals surface area contributed by atoms with E-state index in [1.807, 2.05) is 31.2 Å². The van der Waals surface area contributed by atoms with Crippen LogP contribution in [0.15, 0.2) is 29.8 Å². The molecule has 0 saturated heterocycles. The van der Waals surface area contributed by atoms with Gasteiger partial charge in [0, 0.05) is 0 Å². The van der Waals surface area contributed by atoms with Crippen molar-refractivity contribution in [1.82, 2.24) is 0 Å². The first-order valence-corrected chi connectivity index (χ1v) is 7.54. The molecule has 0 aliphatic carbocycles. The minimum absolute atomic E-state index is 0.141. The van der Waals surface area contributed by atoms with Crippen LogP contribution in [0.25, 0.3) is 6.08 Å². The van der Waals surface area contributed by atoms with Crippen LogP contribution in [0.1, 0.15) is 45.6 Å². The molecule has 0 spiro atoms. The van der Waals surface area contributed by atoms with Crippen molar-refractivity contribution in [3.63, 3.8) is 0 Å². The van der Waals surface area contributed by atoms with Crippen LogP contribution in [0.2, 0.25) is 0 Å². The van der Waals surface area contributed by atoms with Gasteiger partial charge in [-0.1, -0.05) is 44.6 Å². The quantitative estimate of drug-likeness (QED) is 0.663. The number of benzene rings is 1. The predicted molar refractivity (Wildman–Crippen MR) is 86.3 cm³/mol. The molecule has 116 valence electrons. The maximum absolute atomic E-state index is 11.8. The minimum atomic E-state index is -0.141. The second-order valence-electron chi connectivity index (χ2n) is 5.57. The Kier molecular flexibility index (Phi) is 7.59. The molecule has 0 atom stereocenters. The molecule has 0 amide bonds. The van der Waals surface area contributed by atoms with Gasteiger partial charge in [0.15, 0.2) is 0 Å². The SMILES string of the molecule is CCCOC(=O)CC(=Cc1ccc(OC)cc1)CC(C)C. The average molecular weight is 290 g/mol. The van der Waals surface area contributed by atoms with E-state index in [9.17, 15) is 4.79 Å². The number of ether oxygens (including phenoxy) is 2. The summed E-state index contributed by atoms with van der Waals surface area (Å²) in [5.41, 5.74) is 2.19. The number of hydrogen-bond acceptors (Lipinski definition) is 3. The lowest BCUT2D eigenvalue weighted by Crippen LogP contribution is -2.07. The van der Waals surface area contributed by atoms with Crippen molar-refractivity contribution in [2.75, 3.05) is 13.7 Å². The van der Waals surface area contributed by atoms with E-state index in [4.69, 9.17) is 9.47 Å². The minimum Gasteiger partial charge on any atom is -0.497 e. The van der Waals surface area contributed by atoms with E-state index in [-0.39, 0.29) is 5.97 Å². The molecule has 1 aromatic rings. The Morgan fingerprint density at radius 2 is 1.90 bits per heavy atom. The fraction of sp³-hybridized carbons (Fsp3) is 0.500. The molecule has 0 radical (unpaired) electrons. The normalized spacial score (nSPS) is 11.6. The summed E-state index contributed by atoms with van der Waals surface area (Å²) < 4.78 is 10.3. The van der Waals surface area contributed by atoms with Gasteiger partial charge < -0.3 is 9.47 Å². The van der Waals surface area contributed by atoms with Crippen LogP contribution >= 0.6 is 0 Å². The summed E-state index contributed by atoms with van der Waals surface area (Å²) in [6, 6.07) is 7.84. The highest BCUT2D eigenvalue weighted by molar-refractivity contribution is 5.74. The van der Waals surface area contributed by atoms with Gasteiger partial charge in [0.05, 0.1) is 20.1 Å². The summed E-state index contributed by atoms with van der Waals surface area (Å²) in [5, 5.41) is 0. The molecular formula is C18H26O3. The third-order valence-electron chi connectivity index (χ3n) is 3.00. The number of hydrogen-bond donors (Lipinski definition) is 0. The Hall–Kier alpha value is -1.77. The number of carbonyl (C=O) groups is 1. The molecule has 3 nitrogen and oxygen atoms in total. The monoisotopic (exact) mass is 290 g/mol. The number of rotatable bonds is 8. The molecule has 3 heteroatoms. The van der Waals surface area contributed by atoms with Gasteiger partial charge in [-0.05, 0) is 36.5 Å². The van der Waals surface area contributed by atoms with E-state index in [0.29, 0.717) is 18.9 Å². The Balaban J connectivity index is 2.79. The van der Waals surface area contributed by atoms with Crippen molar-refractivity contribution in [3.8, 4) is 5.75 Å². The van der Waals surface area contributed by atoms with E-state index in [1.54, 1.807) is 7.11 Å². The standard InChI is InChI=1S/C18H26O3/c1-5-10-21-18(19)13-16(11-14(2)3)12-15-6-8-17(20-4)9-7-15/h6-9,12,14H,5,10-11,13H2,1-4H3. The second-order valence-corrected chi connectivity index (χ2v) is 5.57. The Morgan fingerprint density at radius 3 is 2.43 bits per heavy atom. The molecule has 0 fully saturated rings. The summed E-state index contributed by atoms with van der Waals surface area (Å²) >= 11 is 0. The van der Waals surface area contributed by atoms with Crippen molar-refractivity contribution in [1.29, 1.82) is 0 Å². The van der Waals surface area contributed by atoms with Gasteiger partial charge in [0.1, 0.15) is 5.75 Å². The Bertz CT molecular complexity index is 458. The van der Waals surface area contributed by atoms with Crippen LogP contribution in [0.3, 0.4) is 0 Å². The molecule has 0 aromatic heterocycles. The molecule has 0 bridgehead atoms. The first-order valence-electron chi connectivity index (χ1n) is 7.54. The van der Waals surface area contributed by atoms with Gasteiger partial charge in [0.25, 0.3) is 0 Å². The van der Waals surface area contributed by atoms with Gasteiger partial charge in [-0.3, -0.25) is 4.79 Å². The van der Waals surface area contributed by atoms with Gasteiger partial charge in [-0.25, -0.2) is 0 Å². The van der Waals surface area contributed by atoms with E-state index in [0.717, 1.165) is 29.7 Å². The Labute approximate surface area is 128 Å². The molecule has 21 heavy (non-hydrogen) atoms. The molecule has 0 heterocycles. The topological polar surface area (TPSA) is 35.5 Å². The van der Waals surface area contributed by atoms with E-state index >= 15 is 0 Å². The van der Waals surface area contributed by atoms with Crippen LogP contribution in [0.5, 0.6) is 5.75 Å².